The second kappa shape index (κ2) is 5.46. The number of ether oxygens (including phenoxy) is 1. The van der Waals surface area contributed by atoms with E-state index in [1.165, 1.54) is 0 Å². The average molecular weight is 295 g/mol. The van der Waals surface area contributed by atoms with E-state index in [9.17, 15) is 0 Å². The standard InChI is InChI=1S/C16H13N3OS/c1-10-14(7-4-8-18-10)20-15-11-5-2-3-6-13(11)19-9-12(15)16(17)21/h2-9H,1H3,(H2,17,21). The summed E-state index contributed by atoms with van der Waals surface area (Å²) in [5.41, 5.74) is 8.04. The summed E-state index contributed by atoms with van der Waals surface area (Å²) in [6.07, 6.45) is 3.37. The predicted octanol–water partition coefficient (Wildman–Crippen LogP) is 3.36. The normalized spacial score (nSPS) is 10.5. The summed E-state index contributed by atoms with van der Waals surface area (Å²) in [5, 5.41) is 0.867. The molecule has 4 nitrogen and oxygen atoms in total. The third kappa shape index (κ3) is 2.55. The first-order valence-electron chi connectivity index (χ1n) is 6.44. The quantitative estimate of drug-likeness (QED) is 0.751. The molecule has 0 spiro atoms. The van der Waals surface area contributed by atoms with Crippen LogP contribution in [0.25, 0.3) is 10.9 Å². The fourth-order valence-electron chi connectivity index (χ4n) is 2.09. The van der Waals surface area contributed by atoms with Crippen LogP contribution in [0, 0.1) is 6.92 Å². The lowest BCUT2D eigenvalue weighted by molar-refractivity contribution is 0.480. The molecule has 2 N–H and O–H groups in total. The van der Waals surface area contributed by atoms with Crippen LogP contribution in [-0.2, 0) is 0 Å². The van der Waals surface area contributed by atoms with Gasteiger partial charge in [0, 0.05) is 17.8 Å². The molecular formula is C16H13N3OS. The Morgan fingerprint density at radius 2 is 1.95 bits per heavy atom. The topological polar surface area (TPSA) is 61.0 Å². The average Bonchev–Trinajstić information content (AvgIpc) is 2.49. The molecule has 2 heterocycles. The second-order valence-corrected chi connectivity index (χ2v) is 5.01. The third-order valence-electron chi connectivity index (χ3n) is 3.16. The Morgan fingerprint density at radius 1 is 1.14 bits per heavy atom. The Labute approximate surface area is 127 Å². The zero-order valence-electron chi connectivity index (χ0n) is 11.4. The van der Waals surface area contributed by atoms with Gasteiger partial charge in [0.15, 0.2) is 0 Å². The van der Waals surface area contributed by atoms with E-state index in [2.05, 4.69) is 9.97 Å². The summed E-state index contributed by atoms with van der Waals surface area (Å²) in [5.74, 6) is 1.29. The van der Waals surface area contributed by atoms with E-state index in [1.807, 2.05) is 43.3 Å². The molecule has 0 aliphatic heterocycles. The first-order chi connectivity index (χ1) is 10.2. The fraction of sp³-hybridized carbons (Fsp3) is 0.0625. The Balaban J connectivity index is 2.21. The molecule has 0 bridgehead atoms. The number of pyridine rings is 2. The van der Waals surface area contributed by atoms with Gasteiger partial charge in [-0.25, -0.2) is 0 Å². The van der Waals surface area contributed by atoms with E-state index in [1.54, 1.807) is 12.4 Å². The molecule has 0 radical (unpaired) electrons. The van der Waals surface area contributed by atoms with Crippen molar-refractivity contribution in [2.24, 2.45) is 5.73 Å². The maximum absolute atomic E-state index is 6.04. The number of aryl methyl sites for hydroxylation is 1. The van der Waals surface area contributed by atoms with Gasteiger partial charge < -0.3 is 10.5 Å². The van der Waals surface area contributed by atoms with Gasteiger partial charge >= 0.3 is 0 Å². The molecule has 0 aliphatic carbocycles. The van der Waals surface area contributed by atoms with Gasteiger partial charge in [0.2, 0.25) is 0 Å². The van der Waals surface area contributed by atoms with Crippen molar-refractivity contribution in [2.45, 2.75) is 6.92 Å². The molecule has 5 heteroatoms. The van der Waals surface area contributed by atoms with Gasteiger partial charge in [0.25, 0.3) is 0 Å². The first-order valence-corrected chi connectivity index (χ1v) is 6.84. The highest BCUT2D eigenvalue weighted by Gasteiger charge is 2.14. The summed E-state index contributed by atoms with van der Waals surface area (Å²) < 4.78 is 6.04. The van der Waals surface area contributed by atoms with Gasteiger partial charge in [-0.2, -0.15) is 0 Å². The molecular weight excluding hydrogens is 282 g/mol. The summed E-state index contributed by atoms with van der Waals surface area (Å²) in [6.45, 7) is 1.89. The molecule has 0 saturated carbocycles. The van der Waals surface area contributed by atoms with E-state index in [4.69, 9.17) is 22.7 Å². The molecule has 104 valence electrons. The van der Waals surface area contributed by atoms with Crippen molar-refractivity contribution in [1.82, 2.24) is 9.97 Å². The smallest absolute Gasteiger partial charge is 0.148 e. The summed E-state index contributed by atoms with van der Waals surface area (Å²) in [7, 11) is 0. The Hall–Kier alpha value is -2.53. The molecule has 3 rings (SSSR count). The Bertz CT molecular complexity index is 833. The minimum atomic E-state index is 0.254. The van der Waals surface area contributed by atoms with E-state index in [0.717, 1.165) is 16.6 Å². The lowest BCUT2D eigenvalue weighted by Crippen LogP contribution is -2.11. The van der Waals surface area contributed by atoms with E-state index >= 15 is 0 Å². The van der Waals surface area contributed by atoms with Crippen LogP contribution in [0.4, 0.5) is 0 Å². The van der Waals surface area contributed by atoms with Crippen LogP contribution in [0.3, 0.4) is 0 Å². The van der Waals surface area contributed by atoms with Crippen molar-refractivity contribution in [1.29, 1.82) is 0 Å². The van der Waals surface area contributed by atoms with Gasteiger partial charge in [0.05, 0.1) is 16.8 Å². The van der Waals surface area contributed by atoms with Gasteiger partial charge in [-0.3, -0.25) is 9.97 Å². The lowest BCUT2D eigenvalue weighted by Gasteiger charge is -2.13. The molecule has 2 aromatic heterocycles. The molecule has 0 unspecified atom stereocenters. The van der Waals surface area contributed by atoms with Crippen molar-refractivity contribution >= 4 is 28.1 Å². The number of rotatable bonds is 3. The van der Waals surface area contributed by atoms with Gasteiger partial charge in [0.1, 0.15) is 16.5 Å². The summed E-state index contributed by atoms with van der Waals surface area (Å²) in [6, 6.07) is 11.4. The van der Waals surface area contributed by atoms with E-state index in [0.29, 0.717) is 17.1 Å². The van der Waals surface area contributed by atoms with Crippen LogP contribution in [0.2, 0.25) is 0 Å². The van der Waals surface area contributed by atoms with Crippen molar-refractivity contribution in [2.75, 3.05) is 0 Å². The van der Waals surface area contributed by atoms with Crippen LogP contribution in [0.5, 0.6) is 11.5 Å². The zero-order valence-corrected chi connectivity index (χ0v) is 12.2. The van der Waals surface area contributed by atoms with Crippen LogP contribution in [0.1, 0.15) is 11.3 Å². The maximum Gasteiger partial charge on any atom is 0.148 e. The van der Waals surface area contributed by atoms with Crippen molar-refractivity contribution < 1.29 is 4.74 Å². The van der Waals surface area contributed by atoms with Gasteiger partial charge in [-0.15, -0.1) is 0 Å². The van der Waals surface area contributed by atoms with Gasteiger partial charge in [-0.1, -0.05) is 24.4 Å². The van der Waals surface area contributed by atoms with E-state index in [-0.39, 0.29) is 4.99 Å². The summed E-state index contributed by atoms with van der Waals surface area (Å²) in [4.78, 5) is 8.84. The van der Waals surface area contributed by atoms with Crippen LogP contribution < -0.4 is 10.5 Å². The zero-order chi connectivity index (χ0) is 14.8. The van der Waals surface area contributed by atoms with Crippen LogP contribution in [0.15, 0.2) is 48.8 Å². The van der Waals surface area contributed by atoms with Crippen molar-refractivity contribution in [3.63, 3.8) is 0 Å². The minimum Gasteiger partial charge on any atom is -0.454 e. The molecule has 0 saturated heterocycles. The molecule has 0 aliphatic rings. The Kier molecular flexibility index (Phi) is 3.50. The fourth-order valence-corrected chi connectivity index (χ4v) is 2.23. The number of aromatic nitrogens is 2. The lowest BCUT2D eigenvalue weighted by atomic mass is 10.1. The number of hydrogen-bond donors (Lipinski definition) is 1. The highest BCUT2D eigenvalue weighted by atomic mass is 32.1. The molecule has 21 heavy (non-hydrogen) atoms. The molecule has 1 aromatic carbocycles. The largest absolute Gasteiger partial charge is 0.454 e. The second-order valence-electron chi connectivity index (χ2n) is 4.57. The highest BCUT2D eigenvalue weighted by molar-refractivity contribution is 7.80. The summed E-state index contributed by atoms with van der Waals surface area (Å²) >= 11 is 5.10. The number of benzene rings is 1. The number of nitrogens with zero attached hydrogens (tertiary/aromatic N) is 2. The highest BCUT2D eigenvalue weighted by Crippen LogP contribution is 2.33. The number of hydrogen-bond acceptors (Lipinski definition) is 4. The number of fused-ring (bicyclic) bond motifs is 1. The molecule has 0 amide bonds. The number of para-hydroxylation sites is 1. The Morgan fingerprint density at radius 3 is 2.71 bits per heavy atom. The van der Waals surface area contributed by atoms with Crippen molar-refractivity contribution in [3.05, 3.63) is 60.0 Å². The minimum absolute atomic E-state index is 0.254. The number of thiocarbonyl (C=S) groups is 1. The predicted molar refractivity (Wildman–Crippen MR) is 86.7 cm³/mol. The molecule has 0 fully saturated rings. The molecule has 3 aromatic rings. The SMILES string of the molecule is Cc1ncccc1Oc1c(C(N)=S)cnc2ccccc12. The van der Waals surface area contributed by atoms with Crippen LogP contribution >= 0.6 is 12.2 Å². The monoisotopic (exact) mass is 295 g/mol. The van der Waals surface area contributed by atoms with Crippen molar-refractivity contribution in [3.8, 4) is 11.5 Å². The van der Waals surface area contributed by atoms with Crippen LogP contribution in [-0.4, -0.2) is 15.0 Å². The number of nitrogens with two attached hydrogens (primary N) is 1. The van der Waals surface area contributed by atoms with E-state index < -0.39 is 0 Å². The molecule has 0 atom stereocenters. The third-order valence-corrected chi connectivity index (χ3v) is 3.38. The maximum atomic E-state index is 6.04. The van der Waals surface area contributed by atoms with Gasteiger partial charge in [-0.05, 0) is 31.2 Å². The first kappa shape index (κ1) is 13.5.